The number of nitrogens with zero attached hydrogens (tertiary/aromatic N) is 1. The molecule has 0 bridgehead atoms. The lowest BCUT2D eigenvalue weighted by Gasteiger charge is -2.30. The van der Waals surface area contributed by atoms with Crippen molar-refractivity contribution in [3.05, 3.63) is 59.2 Å². The zero-order chi connectivity index (χ0) is 15.6. The molecule has 3 heteroatoms. The first kappa shape index (κ1) is 14.3. The Hall–Kier alpha value is -2.29. The molecule has 2 aromatic rings. The highest BCUT2D eigenvalue weighted by molar-refractivity contribution is 6.00. The van der Waals surface area contributed by atoms with E-state index in [0.717, 1.165) is 44.3 Å². The van der Waals surface area contributed by atoms with Gasteiger partial charge in [0, 0.05) is 30.0 Å². The van der Waals surface area contributed by atoms with Gasteiger partial charge in [-0.1, -0.05) is 18.2 Å². The summed E-state index contributed by atoms with van der Waals surface area (Å²) in [5.74, 6) is 0.218. The van der Waals surface area contributed by atoms with Crippen molar-refractivity contribution in [2.45, 2.75) is 25.7 Å². The molecule has 0 unspecified atom stereocenters. The van der Waals surface area contributed by atoms with Crippen LogP contribution in [-0.4, -0.2) is 25.4 Å². The Labute approximate surface area is 137 Å². The van der Waals surface area contributed by atoms with Crippen LogP contribution in [0.15, 0.2) is 42.5 Å². The molecule has 0 saturated carbocycles. The van der Waals surface area contributed by atoms with E-state index in [0.29, 0.717) is 6.54 Å². The van der Waals surface area contributed by atoms with Gasteiger partial charge in [0.25, 0.3) is 0 Å². The summed E-state index contributed by atoms with van der Waals surface area (Å²) in [5, 5.41) is 3.40. The molecule has 0 spiro atoms. The van der Waals surface area contributed by atoms with Crippen molar-refractivity contribution in [2.75, 3.05) is 29.9 Å². The lowest BCUT2D eigenvalue weighted by Crippen LogP contribution is -2.34. The fourth-order valence-electron chi connectivity index (χ4n) is 3.69. The molecule has 0 radical (unpaired) electrons. The Morgan fingerprint density at radius 3 is 2.87 bits per heavy atom. The molecule has 0 amide bonds. The smallest absolute Gasteiger partial charge is 0.182 e. The molecule has 1 N–H and O–H groups in total. The second kappa shape index (κ2) is 6.07. The minimum Gasteiger partial charge on any atom is -0.385 e. The molecule has 23 heavy (non-hydrogen) atoms. The van der Waals surface area contributed by atoms with Crippen molar-refractivity contribution in [3.63, 3.8) is 0 Å². The summed E-state index contributed by atoms with van der Waals surface area (Å²) < 4.78 is 0. The summed E-state index contributed by atoms with van der Waals surface area (Å²) in [5.41, 5.74) is 5.90. The fourth-order valence-corrected chi connectivity index (χ4v) is 3.69. The van der Waals surface area contributed by atoms with Gasteiger partial charge < -0.3 is 10.2 Å². The van der Waals surface area contributed by atoms with E-state index in [1.165, 1.54) is 22.5 Å². The number of aryl methyl sites for hydroxylation is 2. The number of anilines is 2. The molecule has 2 aliphatic heterocycles. The third kappa shape index (κ3) is 2.83. The van der Waals surface area contributed by atoms with Gasteiger partial charge in [-0.2, -0.15) is 0 Å². The zero-order valence-corrected chi connectivity index (χ0v) is 13.3. The van der Waals surface area contributed by atoms with Gasteiger partial charge in [-0.25, -0.2) is 0 Å². The van der Waals surface area contributed by atoms with E-state index in [1.807, 2.05) is 6.07 Å². The summed E-state index contributed by atoms with van der Waals surface area (Å²) >= 11 is 0. The average molecular weight is 306 g/mol. The Morgan fingerprint density at radius 1 is 1.04 bits per heavy atom. The number of fused-ring (bicyclic) bond motifs is 2. The molecule has 118 valence electrons. The Kier molecular flexibility index (Phi) is 3.78. The second-order valence-electron chi connectivity index (χ2n) is 6.48. The maximum Gasteiger partial charge on any atom is 0.182 e. The van der Waals surface area contributed by atoms with Gasteiger partial charge in [0.15, 0.2) is 5.78 Å². The molecule has 2 heterocycles. The van der Waals surface area contributed by atoms with Crippen LogP contribution >= 0.6 is 0 Å². The minimum absolute atomic E-state index is 0.218. The van der Waals surface area contributed by atoms with Crippen LogP contribution in [0.2, 0.25) is 0 Å². The maximum atomic E-state index is 12.7. The van der Waals surface area contributed by atoms with E-state index < -0.39 is 0 Å². The first-order chi connectivity index (χ1) is 11.3. The van der Waals surface area contributed by atoms with Crippen LogP contribution < -0.4 is 10.2 Å². The number of carbonyl (C=O) groups is 1. The average Bonchev–Trinajstić information content (AvgIpc) is 2.61. The first-order valence-corrected chi connectivity index (χ1v) is 8.54. The lowest BCUT2D eigenvalue weighted by molar-refractivity contribution is 0.0998. The molecule has 3 nitrogen and oxygen atoms in total. The number of Topliss-reactive ketones (excluding diaryl/α,β-unsaturated/α-hetero) is 1. The maximum absolute atomic E-state index is 12.7. The zero-order valence-electron chi connectivity index (χ0n) is 13.3. The lowest BCUT2D eigenvalue weighted by atomic mass is 9.98. The van der Waals surface area contributed by atoms with Crippen LogP contribution in [0.5, 0.6) is 0 Å². The number of ketones is 1. The molecule has 0 fully saturated rings. The quantitative estimate of drug-likeness (QED) is 0.878. The van der Waals surface area contributed by atoms with Crippen molar-refractivity contribution in [1.82, 2.24) is 0 Å². The fraction of sp³-hybridized carbons (Fsp3) is 0.350. The third-order valence-electron chi connectivity index (χ3n) is 4.91. The van der Waals surface area contributed by atoms with Crippen LogP contribution in [0.25, 0.3) is 0 Å². The standard InChI is InChI=1S/C20H22N2O/c23-20(17-9-10-18-16(13-17)6-3-11-21-18)14-22-12-4-7-15-5-1-2-8-19(15)22/h1-2,5,8-10,13,21H,3-4,6-7,11-12,14H2. The number of benzene rings is 2. The molecule has 0 atom stereocenters. The predicted molar refractivity (Wildman–Crippen MR) is 94.6 cm³/mol. The van der Waals surface area contributed by atoms with Crippen molar-refractivity contribution < 1.29 is 4.79 Å². The van der Waals surface area contributed by atoms with E-state index in [-0.39, 0.29) is 5.78 Å². The van der Waals surface area contributed by atoms with Crippen molar-refractivity contribution >= 4 is 17.2 Å². The monoisotopic (exact) mass is 306 g/mol. The van der Waals surface area contributed by atoms with E-state index in [1.54, 1.807) is 0 Å². The van der Waals surface area contributed by atoms with Crippen LogP contribution in [0.4, 0.5) is 11.4 Å². The second-order valence-corrected chi connectivity index (χ2v) is 6.48. The van der Waals surface area contributed by atoms with Gasteiger partial charge in [0.2, 0.25) is 0 Å². The number of nitrogens with one attached hydrogen (secondary N) is 1. The summed E-state index contributed by atoms with van der Waals surface area (Å²) in [4.78, 5) is 15.0. The number of hydrogen-bond acceptors (Lipinski definition) is 3. The Balaban J connectivity index is 1.55. The summed E-state index contributed by atoms with van der Waals surface area (Å²) in [6.45, 7) is 2.48. The molecule has 0 aromatic heterocycles. The number of para-hydroxylation sites is 1. The Bertz CT molecular complexity index is 738. The van der Waals surface area contributed by atoms with Crippen molar-refractivity contribution in [3.8, 4) is 0 Å². The molecular weight excluding hydrogens is 284 g/mol. The number of carbonyl (C=O) groups excluding carboxylic acids is 1. The van der Waals surface area contributed by atoms with Gasteiger partial charge in [-0.15, -0.1) is 0 Å². The van der Waals surface area contributed by atoms with E-state index in [2.05, 4.69) is 46.6 Å². The molecule has 4 rings (SSSR count). The normalized spacial score (nSPS) is 16.3. The van der Waals surface area contributed by atoms with E-state index >= 15 is 0 Å². The summed E-state index contributed by atoms with van der Waals surface area (Å²) in [6.07, 6.45) is 4.45. The highest BCUT2D eigenvalue weighted by Crippen LogP contribution is 2.27. The topological polar surface area (TPSA) is 32.3 Å². The predicted octanol–water partition coefficient (Wildman–Crippen LogP) is 3.68. The SMILES string of the molecule is O=C(CN1CCCc2ccccc21)c1ccc2c(c1)CCCN2. The molecular formula is C20H22N2O. The van der Waals surface area contributed by atoms with Crippen LogP contribution in [0, 0.1) is 0 Å². The van der Waals surface area contributed by atoms with Gasteiger partial charge >= 0.3 is 0 Å². The highest BCUT2D eigenvalue weighted by Gasteiger charge is 2.20. The minimum atomic E-state index is 0.218. The van der Waals surface area contributed by atoms with Crippen LogP contribution in [-0.2, 0) is 12.8 Å². The first-order valence-electron chi connectivity index (χ1n) is 8.54. The molecule has 0 aliphatic carbocycles. The number of hydrogen-bond donors (Lipinski definition) is 1. The summed E-state index contributed by atoms with van der Waals surface area (Å²) in [7, 11) is 0. The molecule has 0 saturated heterocycles. The van der Waals surface area contributed by atoms with Crippen molar-refractivity contribution in [2.24, 2.45) is 0 Å². The van der Waals surface area contributed by atoms with Crippen LogP contribution in [0.3, 0.4) is 0 Å². The molecule has 2 aliphatic rings. The van der Waals surface area contributed by atoms with Gasteiger partial charge in [0.05, 0.1) is 6.54 Å². The largest absolute Gasteiger partial charge is 0.385 e. The third-order valence-corrected chi connectivity index (χ3v) is 4.91. The van der Waals surface area contributed by atoms with Crippen molar-refractivity contribution in [1.29, 1.82) is 0 Å². The number of rotatable bonds is 3. The highest BCUT2D eigenvalue weighted by atomic mass is 16.1. The van der Waals surface area contributed by atoms with E-state index in [9.17, 15) is 4.79 Å². The Morgan fingerprint density at radius 2 is 1.91 bits per heavy atom. The molecule has 2 aromatic carbocycles. The summed E-state index contributed by atoms with van der Waals surface area (Å²) in [6, 6.07) is 14.6. The van der Waals surface area contributed by atoms with Gasteiger partial charge in [-0.05, 0) is 61.1 Å². The van der Waals surface area contributed by atoms with Gasteiger partial charge in [0.1, 0.15) is 0 Å². The van der Waals surface area contributed by atoms with Crippen LogP contribution in [0.1, 0.15) is 34.3 Å². The van der Waals surface area contributed by atoms with Gasteiger partial charge in [-0.3, -0.25) is 4.79 Å². The van der Waals surface area contributed by atoms with E-state index in [4.69, 9.17) is 0 Å².